The number of ether oxygens (including phenoxy) is 2. The first kappa shape index (κ1) is 46.3. The van der Waals surface area contributed by atoms with Gasteiger partial charge in [0.2, 0.25) is 0 Å². The van der Waals surface area contributed by atoms with Crippen molar-refractivity contribution in [1.29, 1.82) is 0 Å². The van der Waals surface area contributed by atoms with Crippen molar-refractivity contribution in [3.63, 3.8) is 0 Å². The molecule has 0 aliphatic heterocycles. The molecule has 4 aromatic rings. The molecule has 0 fully saturated rings. The fourth-order valence-corrected chi connectivity index (χ4v) is 7.47. The minimum atomic E-state index is -4.73. The van der Waals surface area contributed by atoms with Crippen LogP contribution in [0.15, 0.2) is 94.7 Å². The molecule has 0 saturated heterocycles. The third kappa shape index (κ3) is 15.8. The van der Waals surface area contributed by atoms with Crippen molar-refractivity contribution in [2.24, 2.45) is 0 Å². The van der Waals surface area contributed by atoms with Crippen LogP contribution >= 0.6 is 0 Å². The van der Waals surface area contributed by atoms with E-state index in [9.17, 15) is 36.2 Å². The third-order valence-electron chi connectivity index (χ3n) is 8.38. The number of aryl methyl sites for hydroxylation is 2. The molecule has 0 atom stereocenters. The Hall–Kier alpha value is -2.84. The van der Waals surface area contributed by atoms with Gasteiger partial charge in [-0.25, -0.2) is 8.42 Å². The van der Waals surface area contributed by atoms with Crippen LogP contribution in [0, 0.1) is 0 Å². The van der Waals surface area contributed by atoms with E-state index in [1.54, 1.807) is 48.5 Å². The first-order valence-corrected chi connectivity index (χ1v) is 20.8. The van der Waals surface area contributed by atoms with Crippen LogP contribution in [-0.4, -0.2) is 68.8 Å². The van der Waals surface area contributed by atoms with E-state index in [2.05, 4.69) is 13.8 Å². The van der Waals surface area contributed by atoms with Gasteiger partial charge in [-0.2, -0.15) is 8.42 Å². The topological polar surface area (TPSA) is 173 Å². The summed E-state index contributed by atoms with van der Waals surface area (Å²) in [6.07, 6.45) is 13.9. The Morgan fingerprint density at radius 2 is 0.962 bits per heavy atom. The molecule has 53 heavy (non-hydrogen) atoms. The van der Waals surface area contributed by atoms with E-state index in [1.807, 2.05) is 0 Å². The van der Waals surface area contributed by atoms with Crippen LogP contribution in [0.5, 0.6) is 34.5 Å². The zero-order valence-electron chi connectivity index (χ0n) is 30.7. The second kappa shape index (κ2) is 23.8. The summed E-state index contributed by atoms with van der Waals surface area (Å²) in [5, 5.41) is 21.7. The molecule has 0 saturated carbocycles. The van der Waals surface area contributed by atoms with E-state index in [-0.39, 0.29) is 82.0 Å². The Balaban J connectivity index is 0.000000360. The largest absolute Gasteiger partial charge is 2.00 e. The standard InChI is InChI=1S/2C20H26O5S.Ca/c2*1-2-3-4-5-6-7-11-16-12-10-15-19(20(16)26(22,23)24)25-18-14-9-8-13-17(18)21;/h2*8-10,12-15,21H,2-7,11H2,1H3,(H,22,23,24);/q;;+2/p-2. The van der Waals surface area contributed by atoms with Gasteiger partial charge in [0.15, 0.2) is 11.5 Å². The molecule has 13 heteroatoms. The van der Waals surface area contributed by atoms with Crippen molar-refractivity contribution in [1.82, 2.24) is 0 Å². The summed E-state index contributed by atoms with van der Waals surface area (Å²) < 4.78 is 80.1. The van der Waals surface area contributed by atoms with Crippen molar-refractivity contribution >= 4 is 58.0 Å². The molecule has 2 N–H and O–H groups in total. The fraction of sp³-hybridized carbons (Fsp3) is 0.400. The van der Waals surface area contributed by atoms with Crippen LogP contribution in [0.1, 0.15) is 102 Å². The number of aromatic hydroxyl groups is 1. The van der Waals surface area contributed by atoms with Gasteiger partial charge in [-0.05, 0) is 67.1 Å². The number of unbranched alkanes of at least 4 members (excludes halogenated alkanes) is 10. The molecule has 284 valence electrons. The minimum absolute atomic E-state index is 0. The smallest absolute Gasteiger partial charge is 0.870 e. The maximum atomic E-state index is 11.9. The molecule has 0 aliphatic rings. The van der Waals surface area contributed by atoms with Gasteiger partial charge < -0.3 is 24.2 Å². The summed E-state index contributed by atoms with van der Waals surface area (Å²) in [6, 6.07) is 21.8. The second-order valence-electron chi connectivity index (χ2n) is 12.6. The van der Waals surface area contributed by atoms with Crippen LogP contribution in [-0.2, 0) is 33.1 Å². The van der Waals surface area contributed by atoms with Gasteiger partial charge in [0.1, 0.15) is 37.2 Å². The van der Waals surface area contributed by atoms with E-state index in [0.29, 0.717) is 24.0 Å². The molecule has 10 nitrogen and oxygen atoms in total. The zero-order valence-corrected chi connectivity index (χ0v) is 34.5. The van der Waals surface area contributed by atoms with Crippen LogP contribution in [0.4, 0.5) is 0 Å². The Morgan fingerprint density at radius 1 is 0.547 bits per heavy atom. The summed E-state index contributed by atoms with van der Waals surface area (Å²) >= 11 is 0. The first-order valence-electron chi connectivity index (χ1n) is 17.9. The van der Waals surface area contributed by atoms with Gasteiger partial charge in [0.25, 0.3) is 10.1 Å². The van der Waals surface area contributed by atoms with E-state index in [0.717, 1.165) is 44.9 Å². The molecule has 0 spiro atoms. The summed E-state index contributed by atoms with van der Waals surface area (Å²) in [5.74, 6) is -0.425. The molecule has 0 aliphatic carbocycles. The fourth-order valence-electron chi connectivity index (χ4n) is 5.76. The number of phenolic OH excluding ortho intramolecular Hbond substituents is 1. The molecule has 0 radical (unpaired) electrons. The molecular weight excluding hydrogens is 745 g/mol. The maximum Gasteiger partial charge on any atom is 2.00 e. The van der Waals surface area contributed by atoms with Crippen molar-refractivity contribution in [2.45, 2.75) is 114 Å². The average molecular weight is 795 g/mol. The summed E-state index contributed by atoms with van der Waals surface area (Å²) in [5.41, 5.74) is 0.965. The van der Waals surface area contributed by atoms with Gasteiger partial charge in [0.05, 0.1) is 0 Å². The van der Waals surface area contributed by atoms with Gasteiger partial charge in [-0.1, -0.05) is 138 Å². The van der Waals surface area contributed by atoms with Crippen molar-refractivity contribution < 1.29 is 45.6 Å². The normalized spacial score (nSPS) is 11.2. The van der Waals surface area contributed by atoms with Gasteiger partial charge >= 0.3 is 37.7 Å². The third-order valence-corrected chi connectivity index (χ3v) is 10.3. The monoisotopic (exact) mass is 794 g/mol. The van der Waals surface area contributed by atoms with Gasteiger partial charge in [-0.15, -0.1) is 0 Å². The molecule has 4 aromatic carbocycles. The van der Waals surface area contributed by atoms with Crippen molar-refractivity contribution in [3.8, 4) is 34.5 Å². The average Bonchev–Trinajstić information content (AvgIpc) is 3.09. The summed E-state index contributed by atoms with van der Waals surface area (Å²) in [7, 11) is -9.18. The number of hydrogen-bond acceptors (Lipinski definition) is 9. The molecule has 0 unspecified atom stereocenters. The minimum Gasteiger partial charge on any atom is -0.870 e. The first-order chi connectivity index (χ1) is 24.9. The summed E-state index contributed by atoms with van der Waals surface area (Å²) in [4.78, 5) is -0.589. The van der Waals surface area contributed by atoms with E-state index < -0.39 is 20.2 Å². The quantitative estimate of drug-likeness (QED) is 0.0499. The van der Waals surface area contributed by atoms with Crippen molar-refractivity contribution in [2.75, 3.05) is 0 Å². The number of phenols is 1. The number of hydrogen-bond donors (Lipinski definition) is 2. The molecule has 4 rings (SSSR count). The van der Waals surface area contributed by atoms with Gasteiger partial charge in [-0.3, -0.25) is 4.55 Å². The molecule has 0 bridgehead atoms. The van der Waals surface area contributed by atoms with E-state index in [4.69, 9.17) is 9.47 Å². The molecular formula is C40H50CaO10S2. The number of para-hydroxylation sites is 4. The molecule has 0 aromatic heterocycles. The maximum absolute atomic E-state index is 11.9. The van der Waals surface area contributed by atoms with Crippen molar-refractivity contribution in [3.05, 3.63) is 96.1 Å². The SMILES string of the molecule is CCCCCCCCc1cccc(Oc2ccccc2O)c1S(=O)(=O)O.CCCCCCCCc1cccc(Oc2ccccc2[O-])c1S(=O)(=O)[O-].[Ca+2]. The zero-order chi connectivity index (χ0) is 38.0. The predicted octanol–water partition coefficient (Wildman–Crippen LogP) is 9.31. The van der Waals surface area contributed by atoms with Crippen LogP contribution in [0.3, 0.4) is 0 Å². The number of rotatable bonds is 20. The second-order valence-corrected chi connectivity index (χ2v) is 15.2. The van der Waals surface area contributed by atoms with E-state index >= 15 is 0 Å². The van der Waals surface area contributed by atoms with Crippen LogP contribution in [0.25, 0.3) is 0 Å². The Labute approximate surface area is 345 Å². The number of benzene rings is 4. The Bertz CT molecular complexity index is 1780. The van der Waals surface area contributed by atoms with Gasteiger partial charge in [0, 0.05) is 0 Å². The summed E-state index contributed by atoms with van der Waals surface area (Å²) in [6.45, 7) is 4.31. The molecule has 0 amide bonds. The predicted molar refractivity (Wildman–Crippen MR) is 205 cm³/mol. The Morgan fingerprint density at radius 3 is 1.45 bits per heavy atom. The molecule has 0 heterocycles. The van der Waals surface area contributed by atoms with Crippen LogP contribution < -0.4 is 14.6 Å². The van der Waals surface area contributed by atoms with Crippen LogP contribution in [0.2, 0.25) is 0 Å². The van der Waals surface area contributed by atoms with E-state index in [1.165, 1.54) is 68.5 Å². The Kier molecular flexibility index (Phi) is 20.8.